The van der Waals surface area contributed by atoms with Gasteiger partial charge in [0, 0.05) is 24.7 Å². The fraction of sp³-hybridized carbons (Fsp3) is 0.357. The zero-order valence-electron chi connectivity index (χ0n) is 11.3. The first-order chi connectivity index (χ1) is 10.1. The van der Waals surface area contributed by atoms with Gasteiger partial charge in [-0.15, -0.1) is 0 Å². The Labute approximate surface area is 128 Å². The molecule has 0 aliphatic carbocycles. The summed E-state index contributed by atoms with van der Waals surface area (Å²) in [5.41, 5.74) is 0.450. The zero-order valence-corrected chi connectivity index (χ0v) is 12.9. The number of benzene rings is 1. The third-order valence-corrected chi connectivity index (χ3v) is 5.22. The summed E-state index contributed by atoms with van der Waals surface area (Å²) in [6, 6.07) is 6.69. The number of hydrogen-bond acceptors (Lipinski definition) is 4. The molecule has 3 rings (SSSR count). The molecule has 1 saturated heterocycles. The second-order valence-electron chi connectivity index (χ2n) is 4.95. The van der Waals surface area contributed by atoms with Gasteiger partial charge in [0.15, 0.2) is 5.75 Å². The van der Waals surface area contributed by atoms with Gasteiger partial charge >= 0.3 is 10.3 Å². The Morgan fingerprint density at radius 1 is 1.14 bits per heavy atom. The van der Waals surface area contributed by atoms with Crippen LogP contribution in [0.25, 0.3) is 10.9 Å². The van der Waals surface area contributed by atoms with Crippen LogP contribution in [0.15, 0.2) is 30.5 Å². The molecule has 0 amide bonds. The lowest BCUT2D eigenvalue weighted by atomic mass is 10.2. The van der Waals surface area contributed by atoms with Gasteiger partial charge in [0.05, 0.1) is 5.02 Å². The Balaban J connectivity index is 1.96. The number of aromatic nitrogens is 1. The summed E-state index contributed by atoms with van der Waals surface area (Å²) in [4.78, 5) is 4.18. The molecule has 1 aromatic carbocycles. The summed E-state index contributed by atoms with van der Waals surface area (Å²) in [5.74, 6) is 0.209. The minimum Gasteiger partial charge on any atom is -0.368 e. The van der Waals surface area contributed by atoms with E-state index in [1.54, 1.807) is 30.5 Å². The lowest BCUT2D eigenvalue weighted by Crippen LogP contribution is -2.38. The Bertz CT molecular complexity index is 758. The molecule has 1 aliphatic rings. The molecule has 0 unspecified atom stereocenters. The summed E-state index contributed by atoms with van der Waals surface area (Å²) < 4.78 is 31.3. The largest absolute Gasteiger partial charge is 0.385 e. The van der Waals surface area contributed by atoms with Crippen molar-refractivity contribution >= 4 is 32.8 Å². The predicted molar refractivity (Wildman–Crippen MR) is 81.7 cm³/mol. The van der Waals surface area contributed by atoms with E-state index in [1.807, 2.05) is 0 Å². The van der Waals surface area contributed by atoms with Crippen LogP contribution in [0.1, 0.15) is 19.3 Å². The standard InChI is InChI=1S/C14H15ClN2O3S/c15-12-6-7-13(14-11(12)5-4-8-16-14)20-21(18,19)17-9-2-1-3-10-17/h4-8H,1-3,9-10H2. The van der Waals surface area contributed by atoms with Crippen LogP contribution < -0.4 is 4.18 Å². The molecule has 0 N–H and O–H groups in total. The normalized spacial score (nSPS) is 17.0. The van der Waals surface area contributed by atoms with Crippen LogP contribution in [0.4, 0.5) is 0 Å². The fourth-order valence-corrected chi connectivity index (χ4v) is 3.82. The highest BCUT2D eigenvalue weighted by Gasteiger charge is 2.26. The molecule has 0 atom stereocenters. The maximum Gasteiger partial charge on any atom is 0.385 e. The van der Waals surface area contributed by atoms with Crippen molar-refractivity contribution in [3.8, 4) is 5.75 Å². The van der Waals surface area contributed by atoms with E-state index in [2.05, 4.69) is 4.98 Å². The van der Waals surface area contributed by atoms with Crippen molar-refractivity contribution in [2.75, 3.05) is 13.1 Å². The molecule has 0 radical (unpaired) electrons. The second kappa shape index (κ2) is 5.79. The van der Waals surface area contributed by atoms with Crippen molar-refractivity contribution in [3.63, 3.8) is 0 Å². The highest BCUT2D eigenvalue weighted by molar-refractivity contribution is 7.84. The molecular weight excluding hydrogens is 312 g/mol. The van der Waals surface area contributed by atoms with Crippen LogP contribution in [0, 0.1) is 0 Å². The van der Waals surface area contributed by atoms with Gasteiger partial charge in [0.1, 0.15) is 5.52 Å². The summed E-state index contributed by atoms with van der Waals surface area (Å²) in [5, 5.41) is 1.19. The van der Waals surface area contributed by atoms with Gasteiger partial charge in [0.25, 0.3) is 0 Å². The number of halogens is 1. The van der Waals surface area contributed by atoms with E-state index in [0.29, 0.717) is 29.0 Å². The Hall–Kier alpha value is -1.37. The molecule has 2 heterocycles. The van der Waals surface area contributed by atoms with Crippen molar-refractivity contribution in [2.45, 2.75) is 19.3 Å². The first-order valence-corrected chi connectivity index (χ1v) is 8.55. The monoisotopic (exact) mass is 326 g/mol. The van der Waals surface area contributed by atoms with E-state index in [9.17, 15) is 8.42 Å². The van der Waals surface area contributed by atoms with E-state index < -0.39 is 10.3 Å². The molecule has 1 fully saturated rings. The minimum atomic E-state index is -3.79. The van der Waals surface area contributed by atoms with Crippen LogP contribution >= 0.6 is 11.6 Å². The maximum absolute atomic E-state index is 12.3. The van der Waals surface area contributed by atoms with Crippen LogP contribution in [0.2, 0.25) is 5.02 Å². The smallest absolute Gasteiger partial charge is 0.368 e. The Morgan fingerprint density at radius 2 is 1.90 bits per heavy atom. The summed E-state index contributed by atoms with van der Waals surface area (Å²) in [6.45, 7) is 1.00. The molecule has 0 bridgehead atoms. The zero-order chi connectivity index (χ0) is 14.9. The van der Waals surface area contributed by atoms with Gasteiger partial charge in [-0.2, -0.15) is 12.7 Å². The lowest BCUT2D eigenvalue weighted by molar-refractivity contribution is 0.312. The molecule has 1 aliphatic heterocycles. The van der Waals surface area contributed by atoms with E-state index in [1.165, 1.54) is 4.31 Å². The van der Waals surface area contributed by atoms with Gasteiger partial charge in [0.2, 0.25) is 0 Å². The third-order valence-electron chi connectivity index (χ3n) is 3.51. The van der Waals surface area contributed by atoms with Gasteiger partial charge < -0.3 is 4.18 Å². The highest BCUT2D eigenvalue weighted by Crippen LogP contribution is 2.31. The Morgan fingerprint density at radius 3 is 2.67 bits per heavy atom. The number of piperidine rings is 1. The summed E-state index contributed by atoms with van der Waals surface area (Å²) >= 11 is 6.09. The molecule has 1 aromatic heterocycles. The van der Waals surface area contributed by atoms with Crippen LogP contribution in [0.5, 0.6) is 5.75 Å². The number of pyridine rings is 1. The van der Waals surface area contributed by atoms with Crippen molar-refractivity contribution in [2.24, 2.45) is 0 Å². The van der Waals surface area contributed by atoms with E-state index in [0.717, 1.165) is 19.3 Å². The molecule has 0 saturated carbocycles. The average Bonchev–Trinajstić information content (AvgIpc) is 2.51. The minimum absolute atomic E-state index is 0.209. The maximum atomic E-state index is 12.3. The van der Waals surface area contributed by atoms with E-state index in [4.69, 9.17) is 15.8 Å². The lowest BCUT2D eigenvalue weighted by Gasteiger charge is -2.25. The van der Waals surface area contributed by atoms with Crippen molar-refractivity contribution < 1.29 is 12.6 Å². The van der Waals surface area contributed by atoms with E-state index in [-0.39, 0.29) is 5.75 Å². The summed E-state index contributed by atoms with van der Waals surface area (Å²) in [6.07, 6.45) is 4.36. The predicted octanol–water partition coefficient (Wildman–Crippen LogP) is 3.00. The highest BCUT2D eigenvalue weighted by atomic mass is 35.5. The van der Waals surface area contributed by atoms with Gasteiger partial charge in [-0.25, -0.2) is 0 Å². The Kier molecular flexibility index (Phi) is 4.01. The molecule has 7 heteroatoms. The fourth-order valence-electron chi connectivity index (χ4n) is 2.43. The topological polar surface area (TPSA) is 59.5 Å². The quantitative estimate of drug-likeness (QED) is 0.870. The molecule has 21 heavy (non-hydrogen) atoms. The number of fused-ring (bicyclic) bond motifs is 1. The number of nitrogens with zero attached hydrogens (tertiary/aromatic N) is 2. The molecule has 0 spiro atoms. The molecule has 5 nitrogen and oxygen atoms in total. The van der Waals surface area contributed by atoms with Crippen LogP contribution in [-0.2, 0) is 10.3 Å². The van der Waals surface area contributed by atoms with E-state index >= 15 is 0 Å². The second-order valence-corrected chi connectivity index (χ2v) is 6.89. The van der Waals surface area contributed by atoms with Crippen LogP contribution in [-0.4, -0.2) is 30.8 Å². The molecular formula is C14H15ClN2O3S. The molecule has 112 valence electrons. The average molecular weight is 327 g/mol. The SMILES string of the molecule is O=S(=O)(Oc1ccc(Cl)c2cccnc12)N1CCCCC1. The molecule has 2 aromatic rings. The first kappa shape index (κ1) is 14.6. The van der Waals surface area contributed by atoms with Gasteiger partial charge in [-0.1, -0.05) is 18.0 Å². The first-order valence-electron chi connectivity index (χ1n) is 6.81. The van der Waals surface area contributed by atoms with Gasteiger partial charge in [-0.05, 0) is 37.1 Å². The summed E-state index contributed by atoms with van der Waals surface area (Å²) in [7, 11) is -3.79. The van der Waals surface area contributed by atoms with Crippen LogP contribution in [0.3, 0.4) is 0 Å². The number of rotatable bonds is 3. The van der Waals surface area contributed by atoms with Crippen molar-refractivity contribution in [1.82, 2.24) is 9.29 Å². The van der Waals surface area contributed by atoms with Crippen molar-refractivity contribution in [1.29, 1.82) is 0 Å². The van der Waals surface area contributed by atoms with Crippen molar-refractivity contribution in [3.05, 3.63) is 35.5 Å². The number of hydrogen-bond donors (Lipinski definition) is 0. The third kappa shape index (κ3) is 2.97. The van der Waals surface area contributed by atoms with Gasteiger partial charge in [-0.3, -0.25) is 4.98 Å².